The van der Waals surface area contributed by atoms with Crippen LogP contribution in [-0.2, 0) is 22.4 Å². The molecule has 136 valence electrons. The largest absolute Gasteiger partial charge is 0.469 e. The van der Waals surface area contributed by atoms with Crippen molar-refractivity contribution >= 4 is 27.5 Å². The molecule has 0 fully saturated rings. The highest BCUT2D eigenvalue weighted by molar-refractivity contribution is 7.18. The van der Waals surface area contributed by atoms with Crippen molar-refractivity contribution in [1.29, 1.82) is 0 Å². The number of rotatable bonds is 6. The molecular formula is C18H25N3O3S. The number of H-pyrrole nitrogens is 1. The molecule has 2 aromatic heterocycles. The van der Waals surface area contributed by atoms with Gasteiger partial charge in [0.2, 0.25) is 0 Å². The summed E-state index contributed by atoms with van der Waals surface area (Å²) in [6.07, 6.45) is 4.23. The van der Waals surface area contributed by atoms with Gasteiger partial charge in [0, 0.05) is 11.3 Å². The Kier molecular flexibility index (Phi) is 5.54. The van der Waals surface area contributed by atoms with Crippen molar-refractivity contribution in [2.45, 2.75) is 52.0 Å². The van der Waals surface area contributed by atoms with Crippen LogP contribution in [0, 0.1) is 5.92 Å². The summed E-state index contributed by atoms with van der Waals surface area (Å²) in [4.78, 5) is 33.5. The van der Waals surface area contributed by atoms with Crippen molar-refractivity contribution in [3.63, 3.8) is 0 Å². The number of hydrogen-bond donors (Lipinski definition) is 2. The van der Waals surface area contributed by atoms with Crippen molar-refractivity contribution in [2.75, 3.05) is 13.7 Å². The van der Waals surface area contributed by atoms with E-state index in [1.165, 1.54) is 17.6 Å². The summed E-state index contributed by atoms with van der Waals surface area (Å²) in [6, 6.07) is -0.0761. The molecule has 2 aromatic rings. The van der Waals surface area contributed by atoms with Gasteiger partial charge in [-0.05, 0) is 50.6 Å². The fourth-order valence-corrected chi connectivity index (χ4v) is 4.71. The molecule has 25 heavy (non-hydrogen) atoms. The number of aromatic amines is 1. The lowest BCUT2D eigenvalue weighted by Gasteiger charge is -2.17. The summed E-state index contributed by atoms with van der Waals surface area (Å²) in [5.74, 6) is 1.12. The number of nitrogens with one attached hydrogen (secondary N) is 2. The molecule has 0 saturated heterocycles. The Morgan fingerprint density at radius 1 is 1.52 bits per heavy atom. The van der Waals surface area contributed by atoms with E-state index in [4.69, 9.17) is 4.98 Å². The third-order valence-electron chi connectivity index (χ3n) is 4.83. The van der Waals surface area contributed by atoms with Crippen LogP contribution in [0.5, 0.6) is 0 Å². The van der Waals surface area contributed by atoms with Crippen molar-refractivity contribution in [2.24, 2.45) is 5.92 Å². The number of methoxy groups -OCH3 is 1. The predicted molar refractivity (Wildman–Crippen MR) is 99.1 cm³/mol. The normalized spacial score (nSPS) is 18.1. The SMILES string of the molecule is COC(=O)CCCN[C@H](C)c1nc2sc3c(c2c(=O)[nH]1)CC[C@H](C)C3. The maximum atomic E-state index is 12.6. The summed E-state index contributed by atoms with van der Waals surface area (Å²) in [6.45, 7) is 4.89. The van der Waals surface area contributed by atoms with Gasteiger partial charge in [-0.2, -0.15) is 0 Å². The Hall–Kier alpha value is -1.73. The van der Waals surface area contributed by atoms with Crippen LogP contribution in [0.2, 0.25) is 0 Å². The van der Waals surface area contributed by atoms with E-state index in [2.05, 4.69) is 22.0 Å². The Balaban J connectivity index is 1.74. The topological polar surface area (TPSA) is 84.1 Å². The average molecular weight is 363 g/mol. The number of carbonyl (C=O) groups excluding carboxylic acids is 1. The fourth-order valence-electron chi connectivity index (χ4n) is 3.32. The molecule has 0 amide bonds. The summed E-state index contributed by atoms with van der Waals surface area (Å²) < 4.78 is 4.63. The molecule has 0 saturated carbocycles. The van der Waals surface area contributed by atoms with Crippen molar-refractivity contribution < 1.29 is 9.53 Å². The molecule has 7 heteroatoms. The first-order chi connectivity index (χ1) is 12.0. The second-order valence-electron chi connectivity index (χ2n) is 6.84. The quantitative estimate of drug-likeness (QED) is 0.609. The third-order valence-corrected chi connectivity index (χ3v) is 5.98. The van der Waals surface area contributed by atoms with E-state index >= 15 is 0 Å². The van der Waals surface area contributed by atoms with E-state index in [0.29, 0.717) is 31.1 Å². The molecule has 2 N–H and O–H groups in total. The predicted octanol–water partition coefficient (Wildman–Crippen LogP) is 2.71. The summed E-state index contributed by atoms with van der Waals surface area (Å²) in [5.41, 5.74) is 1.17. The van der Waals surface area contributed by atoms with Crippen molar-refractivity contribution in [3.05, 3.63) is 26.6 Å². The van der Waals surface area contributed by atoms with Crippen LogP contribution in [0.4, 0.5) is 0 Å². The minimum atomic E-state index is -0.208. The molecule has 3 rings (SSSR count). The lowest BCUT2D eigenvalue weighted by Crippen LogP contribution is -2.25. The van der Waals surface area contributed by atoms with Crippen molar-refractivity contribution in [1.82, 2.24) is 15.3 Å². The highest BCUT2D eigenvalue weighted by atomic mass is 32.1. The standard InChI is InChI=1S/C18H25N3O3S/c1-10-6-7-12-13(9-10)25-18-15(12)17(23)20-16(21-18)11(2)19-8-4-5-14(22)24-3/h10-11,19H,4-9H2,1-3H3,(H,20,21,23)/t10-,11+/m0/s1. The zero-order valence-corrected chi connectivity index (χ0v) is 15.8. The molecule has 1 aliphatic rings. The number of hydrogen-bond acceptors (Lipinski definition) is 6. The molecule has 2 heterocycles. The van der Waals surface area contributed by atoms with Crippen LogP contribution in [0.25, 0.3) is 10.2 Å². The monoisotopic (exact) mass is 363 g/mol. The van der Waals surface area contributed by atoms with E-state index in [0.717, 1.165) is 29.5 Å². The minimum absolute atomic E-state index is 0.0322. The van der Waals surface area contributed by atoms with Gasteiger partial charge in [-0.1, -0.05) is 6.92 Å². The molecule has 2 atom stereocenters. The van der Waals surface area contributed by atoms with Gasteiger partial charge in [0.25, 0.3) is 5.56 Å². The van der Waals surface area contributed by atoms with Gasteiger partial charge in [-0.3, -0.25) is 9.59 Å². The maximum absolute atomic E-state index is 12.6. The Labute approximate surface area is 151 Å². The van der Waals surface area contributed by atoms with Gasteiger partial charge in [-0.25, -0.2) is 4.98 Å². The molecule has 6 nitrogen and oxygen atoms in total. The van der Waals surface area contributed by atoms with Gasteiger partial charge in [0.1, 0.15) is 10.7 Å². The highest BCUT2D eigenvalue weighted by Gasteiger charge is 2.23. The number of ether oxygens (including phenoxy) is 1. The van der Waals surface area contributed by atoms with Crippen LogP contribution in [-0.4, -0.2) is 29.6 Å². The van der Waals surface area contributed by atoms with Crippen LogP contribution in [0.1, 0.15) is 55.4 Å². The summed E-state index contributed by atoms with van der Waals surface area (Å²) >= 11 is 1.66. The number of fused-ring (bicyclic) bond motifs is 3. The maximum Gasteiger partial charge on any atom is 0.305 e. The Morgan fingerprint density at radius 2 is 2.32 bits per heavy atom. The third kappa shape index (κ3) is 3.93. The Bertz CT molecular complexity index is 827. The highest BCUT2D eigenvalue weighted by Crippen LogP contribution is 2.35. The lowest BCUT2D eigenvalue weighted by molar-refractivity contribution is -0.140. The summed E-state index contributed by atoms with van der Waals surface area (Å²) in [5, 5.41) is 4.09. The molecular weight excluding hydrogens is 338 g/mol. The van der Waals surface area contributed by atoms with Gasteiger partial charge in [0.05, 0.1) is 18.5 Å². The first kappa shape index (κ1) is 18.1. The molecule has 0 aromatic carbocycles. The van der Waals surface area contributed by atoms with E-state index in [1.807, 2.05) is 6.92 Å². The van der Waals surface area contributed by atoms with Gasteiger partial charge in [0.15, 0.2) is 0 Å². The molecule has 0 unspecified atom stereocenters. The van der Waals surface area contributed by atoms with E-state index < -0.39 is 0 Å². The fraction of sp³-hybridized carbons (Fsp3) is 0.611. The number of carbonyl (C=O) groups is 1. The second-order valence-corrected chi connectivity index (χ2v) is 7.92. The lowest BCUT2D eigenvalue weighted by atomic mass is 9.89. The zero-order chi connectivity index (χ0) is 18.0. The number of nitrogens with zero attached hydrogens (tertiary/aromatic N) is 1. The smallest absolute Gasteiger partial charge is 0.305 e. The average Bonchev–Trinajstić information content (AvgIpc) is 2.95. The van der Waals surface area contributed by atoms with Crippen LogP contribution in [0.15, 0.2) is 4.79 Å². The van der Waals surface area contributed by atoms with Gasteiger partial charge < -0.3 is 15.0 Å². The molecule has 0 aliphatic heterocycles. The zero-order valence-electron chi connectivity index (χ0n) is 15.0. The van der Waals surface area contributed by atoms with E-state index in [9.17, 15) is 9.59 Å². The first-order valence-electron chi connectivity index (χ1n) is 8.84. The molecule has 0 spiro atoms. The number of esters is 1. The van der Waals surface area contributed by atoms with Gasteiger partial charge in [-0.15, -0.1) is 11.3 Å². The van der Waals surface area contributed by atoms with E-state index in [1.54, 1.807) is 11.3 Å². The van der Waals surface area contributed by atoms with Gasteiger partial charge >= 0.3 is 5.97 Å². The Morgan fingerprint density at radius 3 is 3.08 bits per heavy atom. The van der Waals surface area contributed by atoms with Crippen LogP contribution >= 0.6 is 11.3 Å². The number of aryl methyl sites for hydroxylation is 1. The first-order valence-corrected chi connectivity index (χ1v) is 9.66. The van der Waals surface area contributed by atoms with Crippen molar-refractivity contribution in [3.8, 4) is 0 Å². The van der Waals surface area contributed by atoms with Crippen LogP contribution < -0.4 is 10.9 Å². The molecule has 1 aliphatic carbocycles. The number of thiophene rings is 1. The number of aromatic nitrogens is 2. The summed E-state index contributed by atoms with van der Waals surface area (Å²) in [7, 11) is 1.39. The van der Waals surface area contributed by atoms with E-state index in [-0.39, 0.29) is 17.6 Å². The molecule has 0 bridgehead atoms. The second kappa shape index (κ2) is 7.66. The minimum Gasteiger partial charge on any atom is -0.469 e. The van der Waals surface area contributed by atoms with Crippen LogP contribution in [0.3, 0.4) is 0 Å². The molecule has 0 radical (unpaired) electrons.